The van der Waals surface area contributed by atoms with Crippen molar-refractivity contribution in [3.63, 3.8) is 0 Å². The van der Waals surface area contributed by atoms with Gasteiger partial charge in [0.15, 0.2) is 22.5 Å². The Labute approximate surface area is 222 Å². The van der Waals surface area contributed by atoms with Crippen LogP contribution in [0.25, 0.3) is 17.1 Å². The molecule has 0 aliphatic heterocycles. The maximum atomic E-state index is 12.5. The molecule has 1 aromatic heterocycles. The third-order valence-electron chi connectivity index (χ3n) is 4.93. The van der Waals surface area contributed by atoms with Crippen LogP contribution in [-0.4, -0.2) is 45.7 Å². The second kappa shape index (κ2) is 12.2. The van der Waals surface area contributed by atoms with E-state index in [1.807, 2.05) is 47.0 Å². The highest BCUT2D eigenvalue weighted by atomic mass is 35.5. The van der Waals surface area contributed by atoms with Crippen LogP contribution in [0.3, 0.4) is 0 Å². The molecule has 1 heterocycles. The molecule has 0 aliphatic rings. The fourth-order valence-electron chi connectivity index (χ4n) is 3.31. The van der Waals surface area contributed by atoms with E-state index in [1.54, 1.807) is 30.3 Å². The van der Waals surface area contributed by atoms with Gasteiger partial charge in [-0.15, -0.1) is 10.2 Å². The van der Waals surface area contributed by atoms with Gasteiger partial charge in [-0.3, -0.25) is 14.2 Å². The molecule has 1 amide bonds. The van der Waals surface area contributed by atoms with Crippen LogP contribution in [0.2, 0.25) is 5.02 Å². The summed E-state index contributed by atoms with van der Waals surface area (Å²) < 4.78 is 12.2. The number of hydrogen-bond donors (Lipinski definition) is 1. The minimum absolute atomic E-state index is 0.0621. The number of benzene rings is 3. The van der Waals surface area contributed by atoms with Crippen molar-refractivity contribution in [1.29, 1.82) is 0 Å². The highest BCUT2D eigenvalue weighted by molar-refractivity contribution is 7.99. The molecule has 9 nitrogen and oxygen atoms in total. The van der Waals surface area contributed by atoms with Gasteiger partial charge in [-0.05, 0) is 48.0 Å². The minimum Gasteiger partial charge on any atom is -0.493 e. The second-order valence-corrected chi connectivity index (χ2v) is 8.95. The number of hydrazone groups is 1. The smallest absolute Gasteiger partial charge is 0.308 e. The lowest BCUT2D eigenvalue weighted by Crippen LogP contribution is -2.20. The van der Waals surface area contributed by atoms with Crippen LogP contribution in [0.4, 0.5) is 0 Å². The number of thioether (sulfide) groups is 1. The van der Waals surface area contributed by atoms with E-state index in [4.69, 9.17) is 21.1 Å². The molecule has 0 saturated carbocycles. The van der Waals surface area contributed by atoms with Crippen molar-refractivity contribution in [2.75, 3.05) is 12.9 Å². The van der Waals surface area contributed by atoms with Crippen LogP contribution < -0.4 is 14.9 Å². The van der Waals surface area contributed by atoms with E-state index in [1.165, 1.54) is 32.0 Å². The van der Waals surface area contributed by atoms with Gasteiger partial charge in [0.2, 0.25) is 0 Å². The van der Waals surface area contributed by atoms with Crippen LogP contribution >= 0.6 is 23.4 Å². The molecule has 4 rings (SSSR count). The fourth-order valence-corrected chi connectivity index (χ4v) is 4.18. The van der Waals surface area contributed by atoms with E-state index in [9.17, 15) is 9.59 Å². The van der Waals surface area contributed by atoms with E-state index < -0.39 is 5.97 Å². The Hall–Kier alpha value is -4.15. The molecule has 0 fully saturated rings. The third kappa shape index (κ3) is 6.75. The summed E-state index contributed by atoms with van der Waals surface area (Å²) in [4.78, 5) is 23.7. The number of esters is 1. The number of halogens is 1. The number of hydrogen-bond acceptors (Lipinski definition) is 8. The summed E-state index contributed by atoms with van der Waals surface area (Å²) in [6.07, 6.45) is 1.46. The Morgan fingerprint density at radius 2 is 1.81 bits per heavy atom. The first-order valence-corrected chi connectivity index (χ1v) is 12.4. The molecule has 0 saturated heterocycles. The standard InChI is InChI=1S/C26H22ClN5O4S/c1-17(33)36-22-13-8-18(14-23(22)35-2)15-28-29-24(34)16-37-26-31-30-25(19-6-4-3-5-7-19)32(26)21-11-9-20(27)10-12-21/h3-15H,16H2,1-2H3,(H,29,34)/b28-15+. The van der Waals surface area contributed by atoms with Crippen molar-refractivity contribution in [2.24, 2.45) is 5.10 Å². The summed E-state index contributed by atoms with van der Waals surface area (Å²) in [7, 11) is 1.47. The Kier molecular flexibility index (Phi) is 8.55. The monoisotopic (exact) mass is 535 g/mol. The van der Waals surface area contributed by atoms with Gasteiger partial charge in [0.1, 0.15) is 0 Å². The fraction of sp³-hybridized carbons (Fsp3) is 0.115. The van der Waals surface area contributed by atoms with Gasteiger partial charge in [0.05, 0.1) is 19.1 Å². The SMILES string of the molecule is COc1cc(/C=N/NC(=O)CSc2nnc(-c3ccccc3)n2-c2ccc(Cl)cc2)ccc1OC(C)=O. The van der Waals surface area contributed by atoms with Crippen LogP contribution in [0.15, 0.2) is 83.1 Å². The molecule has 3 aromatic carbocycles. The maximum absolute atomic E-state index is 12.5. The summed E-state index contributed by atoms with van der Waals surface area (Å²) >= 11 is 7.30. The molecule has 0 aliphatic carbocycles. The van der Waals surface area contributed by atoms with Gasteiger partial charge in [0.25, 0.3) is 5.91 Å². The van der Waals surface area contributed by atoms with E-state index in [0.717, 1.165) is 11.3 Å². The van der Waals surface area contributed by atoms with Crippen molar-refractivity contribution in [2.45, 2.75) is 12.1 Å². The van der Waals surface area contributed by atoms with Gasteiger partial charge in [-0.1, -0.05) is 53.7 Å². The van der Waals surface area contributed by atoms with E-state index >= 15 is 0 Å². The Bertz CT molecular complexity index is 1420. The molecule has 0 spiro atoms. The second-order valence-electron chi connectivity index (χ2n) is 7.57. The molecule has 0 atom stereocenters. The van der Waals surface area contributed by atoms with Crippen molar-refractivity contribution in [3.8, 4) is 28.6 Å². The molecule has 0 unspecified atom stereocenters. The number of aromatic nitrogens is 3. The predicted molar refractivity (Wildman–Crippen MR) is 143 cm³/mol. The first kappa shape index (κ1) is 25.9. The number of carbonyl (C=O) groups excluding carboxylic acids is 2. The Morgan fingerprint density at radius 1 is 1.05 bits per heavy atom. The summed E-state index contributed by atoms with van der Waals surface area (Å²) in [5, 5.41) is 13.8. The van der Waals surface area contributed by atoms with Crippen molar-refractivity contribution in [1.82, 2.24) is 20.2 Å². The first-order valence-electron chi connectivity index (χ1n) is 11.0. The zero-order valence-electron chi connectivity index (χ0n) is 19.9. The number of carbonyl (C=O) groups is 2. The van der Waals surface area contributed by atoms with Gasteiger partial charge in [0, 0.05) is 23.2 Å². The lowest BCUT2D eigenvalue weighted by atomic mass is 10.2. The number of amides is 1. The Balaban J connectivity index is 1.45. The lowest BCUT2D eigenvalue weighted by molar-refractivity contribution is -0.132. The molecular formula is C26H22ClN5O4S. The van der Waals surface area contributed by atoms with Gasteiger partial charge < -0.3 is 9.47 Å². The summed E-state index contributed by atoms with van der Waals surface area (Å²) in [5.41, 5.74) is 4.86. The molecule has 4 aromatic rings. The Morgan fingerprint density at radius 3 is 2.51 bits per heavy atom. The van der Waals surface area contributed by atoms with Crippen LogP contribution in [-0.2, 0) is 9.59 Å². The van der Waals surface area contributed by atoms with Crippen LogP contribution in [0.1, 0.15) is 12.5 Å². The first-order chi connectivity index (χ1) is 17.9. The summed E-state index contributed by atoms with van der Waals surface area (Å²) in [6.45, 7) is 1.31. The number of ether oxygens (including phenoxy) is 2. The molecule has 0 bridgehead atoms. The molecular weight excluding hydrogens is 514 g/mol. The zero-order chi connectivity index (χ0) is 26.2. The van der Waals surface area contributed by atoms with E-state index in [0.29, 0.717) is 33.1 Å². The van der Waals surface area contributed by atoms with Crippen molar-refractivity contribution < 1.29 is 19.1 Å². The van der Waals surface area contributed by atoms with Gasteiger partial charge >= 0.3 is 5.97 Å². The molecule has 1 N–H and O–H groups in total. The van der Waals surface area contributed by atoms with Crippen LogP contribution in [0, 0.1) is 0 Å². The van der Waals surface area contributed by atoms with Gasteiger partial charge in [-0.25, -0.2) is 5.43 Å². The third-order valence-corrected chi connectivity index (χ3v) is 6.11. The molecule has 37 heavy (non-hydrogen) atoms. The summed E-state index contributed by atoms with van der Waals surface area (Å²) in [6, 6.07) is 21.9. The largest absolute Gasteiger partial charge is 0.493 e. The number of methoxy groups -OCH3 is 1. The van der Waals surface area contributed by atoms with Gasteiger partial charge in [-0.2, -0.15) is 5.10 Å². The summed E-state index contributed by atoms with van der Waals surface area (Å²) in [5.74, 6) is 0.606. The molecule has 188 valence electrons. The average Bonchev–Trinajstić information content (AvgIpc) is 3.33. The highest BCUT2D eigenvalue weighted by Gasteiger charge is 2.17. The maximum Gasteiger partial charge on any atom is 0.308 e. The molecule has 0 radical (unpaired) electrons. The predicted octanol–water partition coefficient (Wildman–Crippen LogP) is 4.76. The highest BCUT2D eigenvalue weighted by Crippen LogP contribution is 2.29. The van der Waals surface area contributed by atoms with Crippen LogP contribution in [0.5, 0.6) is 11.5 Å². The number of nitrogens with zero attached hydrogens (tertiary/aromatic N) is 4. The molecule has 11 heteroatoms. The number of nitrogens with one attached hydrogen (secondary N) is 1. The minimum atomic E-state index is -0.452. The quantitative estimate of drug-likeness (QED) is 0.108. The van der Waals surface area contributed by atoms with Crippen molar-refractivity contribution in [3.05, 3.63) is 83.4 Å². The van der Waals surface area contributed by atoms with Crippen molar-refractivity contribution >= 4 is 41.5 Å². The topological polar surface area (TPSA) is 108 Å². The average molecular weight is 536 g/mol. The zero-order valence-corrected chi connectivity index (χ0v) is 21.5. The normalized spacial score (nSPS) is 10.9. The lowest BCUT2D eigenvalue weighted by Gasteiger charge is -2.10. The van der Waals surface area contributed by atoms with E-state index in [2.05, 4.69) is 20.7 Å². The number of rotatable bonds is 9. The van der Waals surface area contributed by atoms with E-state index in [-0.39, 0.29) is 11.7 Å².